The Morgan fingerprint density at radius 2 is 2.33 bits per heavy atom. The van der Waals surface area contributed by atoms with Crippen molar-refractivity contribution in [2.24, 2.45) is 0 Å². The van der Waals surface area contributed by atoms with Gasteiger partial charge in [-0.05, 0) is 59.3 Å². The molecule has 2 amide bonds. The SMILES string of the molecule is CCOc1cccc2c1CC[C@@H]2NC(=O)NC[C@H](O)c1ccsc1. The van der Waals surface area contributed by atoms with Crippen molar-refractivity contribution >= 4 is 17.4 Å². The second-order valence-corrected chi connectivity index (χ2v) is 6.56. The van der Waals surface area contributed by atoms with Gasteiger partial charge in [0.25, 0.3) is 0 Å². The number of hydrogen-bond donors (Lipinski definition) is 3. The molecule has 0 bridgehead atoms. The van der Waals surface area contributed by atoms with E-state index in [1.165, 1.54) is 16.9 Å². The van der Waals surface area contributed by atoms with Crippen LogP contribution in [0.1, 0.15) is 42.2 Å². The van der Waals surface area contributed by atoms with Gasteiger partial charge in [0.2, 0.25) is 0 Å². The third-order valence-corrected chi connectivity index (χ3v) is 4.92. The molecule has 0 radical (unpaired) electrons. The van der Waals surface area contributed by atoms with Crippen molar-refractivity contribution < 1.29 is 14.6 Å². The smallest absolute Gasteiger partial charge is 0.315 e. The maximum Gasteiger partial charge on any atom is 0.315 e. The van der Waals surface area contributed by atoms with E-state index in [0.717, 1.165) is 29.7 Å². The van der Waals surface area contributed by atoms with E-state index >= 15 is 0 Å². The van der Waals surface area contributed by atoms with Crippen LogP contribution in [-0.2, 0) is 6.42 Å². The zero-order chi connectivity index (χ0) is 16.9. The molecule has 0 saturated carbocycles. The fourth-order valence-electron chi connectivity index (χ4n) is 3.04. The Labute approximate surface area is 145 Å². The summed E-state index contributed by atoms with van der Waals surface area (Å²) in [6.07, 6.45) is 1.08. The van der Waals surface area contributed by atoms with E-state index in [4.69, 9.17) is 4.74 Å². The molecule has 128 valence electrons. The van der Waals surface area contributed by atoms with Crippen LogP contribution in [0.5, 0.6) is 5.75 Å². The standard InChI is InChI=1S/C18H22N2O3S/c1-2-23-17-5-3-4-13-14(17)6-7-15(13)20-18(22)19-10-16(21)12-8-9-24-11-12/h3-5,8-9,11,15-16,21H,2,6-7,10H2,1H3,(H2,19,20,22)/t15-,16-/m0/s1. The number of nitrogens with one attached hydrogen (secondary N) is 2. The van der Waals surface area contributed by atoms with Crippen LogP contribution in [0.25, 0.3) is 0 Å². The van der Waals surface area contributed by atoms with E-state index in [2.05, 4.69) is 10.6 Å². The Kier molecular flexibility index (Phi) is 5.37. The topological polar surface area (TPSA) is 70.6 Å². The molecule has 1 heterocycles. The van der Waals surface area contributed by atoms with Gasteiger partial charge in [-0.15, -0.1) is 0 Å². The second kappa shape index (κ2) is 7.68. The lowest BCUT2D eigenvalue weighted by Gasteiger charge is -2.17. The molecule has 1 aromatic heterocycles. The predicted molar refractivity (Wildman–Crippen MR) is 94.5 cm³/mol. The molecule has 0 fully saturated rings. The molecule has 0 spiro atoms. The summed E-state index contributed by atoms with van der Waals surface area (Å²) in [5.41, 5.74) is 3.13. The molecule has 5 nitrogen and oxygen atoms in total. The average Bonchev–Trinajstić information content (AvgIpc) is 3.24. The highest BCUT2D eigenvalue weighted by Crippen LogP contribution is 2.36. The summed E-state index contributed by atoms with van der Waals surface area (Å²) in [5, 5.41) is 19.5. The summed E-state index contributed by atoms with van der Waals surface area (Å²) in [6.45, 7) is 2.80. The number of urea groups is 1. The monoisotopic (exact) mass is 346 g/mol. The number of thiophene rings is 1. The molecule has 0 saturated heterocycles. The van der Waals surface area contributed by atoms with Crippen molar-refractivity contribution in [3.63, 3.8) is 0 Å². The highest BCUT2D eigenvalue weighted by atomic mass is 32.1. The molecule has 6 heteroatoms. The Morgan fingerprint density at radius 3 is 3.08 bits per heavy atom. The van der Waals surface area contributed by atoms with Crippen molar-refractivity contribution in [2.45, 2.75) is 31.9 Å². The Balaban J connectivity index is 1.56. The maximum atomic E-state index is 12.1. The van der Waals surface area contributed by atoms with Gasteiger partial charge in [0.05, 0.1) is 18.8 Å². The van der Waals surface area contributed by atoms with Crippen LogP contribution in [0.2, 0.25) is 0 Å². The molecule has 24 heavy (non-hydrogen) atoms. The van der Waals surface area contributed by atoms with Gasteiger partial charge in [-0.25, -0.2) is 4.79 Å². The van der Waals surface area contributed by atoms with Crippen LogP contribution in [-0.4, -0.2) is 24.3 Å². The Morgan fingerprint density at radius 1 is 1.46 bits per heavy atom. The first-order valence-corrected chi connectivity index (χ1v) is 9.12. The van der Waals surface area contributed by atoms with Gasteiger partial charge >= 0.3 is 6.03 Å². The van der Waals surface area contributed by atoms with Gasteiger partial charge in [-0.1, -0.05) is 12.1 Å². The van der Waals surface area contributed by atoms with E-state index in [0.29, 0.717) is 6.61 Å². The minimum atomic E-state index is -0.678. The molecule has 0 unspecified atom stereocenters. The van der Waals surface area contributed by atoms with Gasteiger partial charge < -0.3 is 20.5 Å². The number of benzene rings is 1. The van der Waals surface area contributed by atoms with Gasteiger partial charge in [0.15, 0.2) is 0 Å². The lowest BCUT2D eigenvalue weighted by molar-refractivity contribution is 0.173. The minimum Gasteiger partial charge on any atom is -0.494 e. The van der Waals surface area contributed by atoms with Crippen molar-refractivity contribution in [3.05, 3.63) is 51.7 Å². The van der Waals surface area contributed by atoms with Gasteiger partial charge in [0, 0.05) is 6.54 Å². The van der Waals surface area contributed by atoms with Crippen LogP contribution in [0.3, 0.4) is 0 Å². The highest BCUT2D eigenvalue weighted by molar-refractivity contribution is 7.07. The predicted octanol–water partition coefficient (Wildman–Crippen LogP) is 3.17. The molecule has 1 aromatic carbocycles. The Bertz CT molecular complexity index is 688. The number of rotatable bonds is 6. The molecule has 2 atom stereocenters. The summed E-state index contributed by atoms with van der Waals surface area (Å²) in [5.74, 6) is 0.910. The van der Waals surface area contributed by atoms with E-state index < -0.39 is 6.10 Å². The first-order chi connectivity index (χ1) is 11.7. The third kappa shape index (κ3) is 3.71. The van der Waals surface area contributed by atoms with Crippen molar-refractivity contribution in [2.75, 3.05) is 13.2 Å². The van der Waals surface area contributed by atoms with Crippen LogP contribution in [0, 0.1) is 0 Å². The summed E-state index contributed by atoms with van der Waals surface area (Å²) in [6, 6.07) is 7.56. The van der Waals surface area contributed by atoms with E-state index in [-0.39, 0.29) is 18.6 Å². The largest absolute Gasteiger partial charge is 0.494 e. The lowest BCUT2D eigenvalue weighted by atomic mass is 10.1. The fourth-order valence-corrected chi connectivity index (χ4v) is 3.75. The van der Waals surface area contributed by atoms with E-state index in [1.807, 2.05) is 41.9 Å². The molecule has 0 aliphatic heterocycles. The van der Waals surface area contributed by atoms with Crippen molar-refractivity contribution in [1.82, 2.24) is 10.6 Å². The maximum absolute atomic E-state index is 12.1. The number of aliphatic hydroxyl groups excluding tert-OH is 1. The van der Waals surface area contributed by atoms with Crippen molar-refractivity contribution in [1.29, 1.82) is 0 Å². The molecule has 1 aliphatic rings. The molecule has 2 aromatic rings. The number of aliphatic hydroxyl groups is 1. The van der Waals surface area contributed by atoms with Crippen LogP contribution >= 0.6 is 11.3 Å². The lowest BCUT2D eigenvalue weighted by Crippen LogP contribution is -2.39. The summed E-state index contributed by atoms with van der Waals surface area (Å²) in [4.78, 5) is 12.1. The summed E-state index contributed by atoms with van der Waals surface area (Å²) >= 11 is 1.53. The number of ether oxygens (including phenoxy) is 1. The highest BCUT2D eigenvalue weighted by Gasteiger charge is 2.26. The molecule has 3 N–H and O–H groups in total. The number of carbonyl (C=O) groups excluding carboxylic acids is 1. The molecular formula is C18H22N2O3S. The zero-order valence-electron chi connectivity index (χ0n) is 13.6. The first kappa shape index (κ1) is 16.8. The fraction of sp³-hybridized carbons (Fsp3) is 0.389. The minimum absolute atomic E-state index is 0.0151. The van der Waals surface area contributed by atoms with E-state index in [9.17, 15) is 9.90 Å². The van der Waals surface area contributed by atoms with Gasteiger partial charge in [-0.3, -0.25) is 0 Å². The molecule has 1 aliphatic carbocycles. The molecule has 3 rings (SSSR count). The summed E-state index contributed by atoms with van der Waals surface area (Å²) < 4.78 is 5.66. The van der Waals surface area contributed by atoms with Crippen LogP contribution in [0.4, 0.5) is 4.79 Å². The van der Waals surface area contributed by atoms with Crippen LogP contribution in [0.15, 0.2) is 35.0 Å². The summed E-state index contributed by atoms with van der Waals surface area (Å²) in [7, 11) is 0. The number of fused-ring (bicyclic) bond motifs is 1. The van der Waals surface area contributed by atoms with Crippen LogP contribution < -0.4 is 15.4 Å². The number of hydrogen-bond acceptors (Lipinski definition) is 4. The average molecular weight is 346 g/mol. The van der Waals surface area contributed by atoms with Gasteiger partial charge in [0.1, 0.15) is 5.75 Å². The van der Waals surface area contributed by atoms with Crippen molar-refractivity contribution in [3.8, 4) is 5.75 Å². The molecular weight excluding hydrogens is 324 g/mol. The Hall–Kier alpha value is -2.05. The number of amides is 2. The van der Waals surface area contributed by atoms with E-state index in [1.54, 1.807) is 0 Å². The quantitative estimate of drug-likeness (QED) is 0.752. The first-order valence-electron chi connectivity index (χ1n) is 8.18. The van der Waals surface area contributed by atoms with Gasteiger partial charge in [-0.2, -0.15) is 11.3 Å². The second-order valence-electron chi connectivity index (χ2n) is 5.78. The zero-order valence-corrected chi connectivity index (χ0v) is 14.4. The number of carbonyl (C=O) groups is 1. The third-order valence-electron chi connectivity index (χ3n) is 4.22. The normalized spacial score (nSPS) is 17.2.